The number of amides is 1. The highest BCUT2D eigenvalue weighted by Gasteiger charge is 2.40. The van der Waals surface area contributed by atoms with Crippen LogP contribution < -0.4 is 16.3 Å². The van der Waals surface area contributed by atoms with Gasteiger partial charge < -0.3 is 15.1 Å². The van der Waals surface area contributed by atoms with Gasteiger partial charge in [-0.1, -0.05) is 30.3 Å². The lowest BCUT2D eigenvalue weighted by Gasteiger charge is -2.21. The number of carbonyl (C=O) groups excluding carboxylic acids is 1. The van der Waals surface area contributed by atoms with E-state index in [0.717, 1.165) is 19.3 Å². The Morgan fingerprint density at radius 1 is 1.23 bits per heavy atom. The number of hydrogen-bond acceptors (Lipinski definition) is 4. The Bertz CT molecular complexity index is 859. The van der Waals surface area contributed by atoms with E-state index in [0.29, 0.717) is 29.8 Å². The van der Waals surface area contributed by atoms with Gasteiger partial charge in [0.2, 0.25) is 0 Å². The molecule has 3 atom stereocenters. The van der Waals surface area contributed by atoms with E-state index in [1.807, 2.05) is 24.3 Å². The molecule has 4 rings (SSSR count). The Labute approximate surface area is 152 Å². The van der Waals surface area contributed by atoms with Gasteiger partial charge >= 0.3 is 5.63 Å². The van der Waals surface area contributed by atoms with Gasteiger partial charge in [0, 0.05) is 24.5 Å². The van der Waals surface area contributed by atoms with Crippen molar-refractivity contribution in [2.24, 2.45) is 0 Å². The molecule has 0 radical (unpaired) electrons. The SMILES string of the molecule is Cc1cc(CCc2ccccc2)oc(=O)c1C(=O)N[C@H]1C[C@H]2CC[C@@H]1N2. The van der Waals surface area contributed by atoms with Crippen LogP contribution in [0.4, 0.5) is 0 Å². The van der Waals surface area contributed by atoms with Gasteiger partial charge in [0.05, 0.1) is 0 Å². The predicted molar refractivity (Wildman–Crippen MR) is 99.4 cm³/mol. The third kappa shape index (κ3) is 3.44. The number of hydrogen-bond donors (Lipinski definition) is 2. The summed E-state index contributed by atoms with van der Waals surface area (Å²) in [6, 6.07) is 12.8. The molecule has 2 aliphatic rings. The van der Waals surface area contributed by atoms with Crippen LogP contribution in [-0.4, -0.2) is 24.0 Å². The van der Waals surface area contributed by atoms with Crippen molar-refractivity contribution in [3.63, 3.8) is 0 Å². The summed E-state index contributed by atoms with van der Waals surface area (Å²) in [5.74, 6) is 0.305. The highest BCUT2D eigenvalue weighted by molar-refractivity contribution is 5.95. The highest BCUT2D eigenvalue weighted by atomic mass is 16.4. The predicted octanol–water partition coefficient (Wildman–Crippen LogP) is 2.36. The molecule has 0 unspecified atom stereocenters. The third-order valence-corrected chi connectivity index (χ3v) is 5.55. The molecule has 0 spiro atoms. The molecular weight excluding hydrogens is 328 g/mol. The van der Waals surface area contributed by atoms with E-state index in [-0.39, 0.29) is 17.5 Å². The average molecular weight is 352 g/mol. The summed E-state index contributed by atoms with van der Waals surface area (Å²) in [6.07, 6.45) is 4.63. The lowest BCUT2D eigenvalue weighted by Crippen LogP contribution is -2.44. The largest absolute Gasteiger partial charge is 0.427 e. The van der Waals surface area contributed by atoms with Crippen LogP contribution in [0.5, 0.6) is 0 Å². The molecule has 0 aliphatic carbocycles. The van der Waals surface area contributed by atoms with Crippen LogP contribution in [0, 0.1) is 6.92 Å². The summed E-state index contributed by atoms with van der Waals surface area (Å²) in [6.45, 7) is 1.80. The van der Waals surface area contributed by atoms with Crippen molar-refractivity contribution in [2.45, 2.75) is 57.2 Å². The topological polar surface area (TPSA) is 71.3 Å². The average Bonchev–Trinajstić information content (AvgIpc) is 3.23. The smallest absolute Gasteiger partial charge is 0.349 e. The first kappa shape index (κ1) is 17.0. The maximum absolute atomic E-state index is 12.6. The van der Waals surface area contributed by atoms with Crippen LogP contribution in [0.25, 0.3) is 0 Å². The first-order chi connectivity index (χ1) is 12.6. The molecule has 1 amide bonds. The van der Waals surface area contributed by atoms with Crippen molar-refractivity contribution in [1.29, 1.82) is 0 Å². The third-order valence-electron chi connectivity index (χ3n) is 5.55. The van der Waals surface area contributed by atoms with Crippen molar-refractivity contribution in [1.82, 2.24) is 10.6 Å². The van der Waals surface area contributed by atoms with E-state index in [1.54, 1.807) is 6.92 Å². The lowest BCUT2D eigenvalue weighted by molar-refractivity contribution is 0.0926. The van der Waals surface area contributed by atoms with E-state index in [1.165, 1.54) is 12.0 Å². The number of carbonyl (C=O) groups is 1. The Morgan fingerprint density at radius 3 is 2.69 bits per heavy atom. The number of aryl methyl sites for hydroxylation is 3. The van der Waals surface area contributed by atoms with E-state index in [2.05, 4.69) is 22.8 Å². The van der Waals surface area contributed by atoms with E-state index >= 15 is 0 Å². The van der Waals surface area contributed by atoms with Gasteiger partial charge in [-0.3, -0.25) is 4.79 Å². The molecule has 2 aromatic rings. The first-order valence-corrected chi connectivity index (χ1v) is 9.34. The second-order valence-corrected chi connectivity index (χ2v) is 7.41. The van der Waals surface area contributed by atoms with Crippen molar-refractivity contribution in [3.05, 3.63) is 69.3 Å². The van der Waals surface area contributed by atoms with Gasteiger partial charge in [-0.15, -0.1) is 0 Å². The Morgan fingerprint density at radius 2 is 2.04 bits per heavy atom. The van der Waals surface area contributed by atoms with Gasteiger partial charge in [-0.25, -0.2) is 4.79 Å². The van der Waals surface area contributed by atoms with Crippen LogP contribution in [0.3, 0.4) is 0 Å². The Kier molecular flexibility index (Phi) is 4.64. The van der Waals surface area contributed by atoms with Crippen LogP contribution in [0.1, 0.15) is 46.5 Å². The van der Waals surface area contributed by atoms with Crippen molar-refractivity contribution >= 4 is 5.91 Å². The molecule has 5 nitrogen and oxygen atoms in total. The quantitative estimate of drug-likeness (QED) is 0.867. The molecule has 1 aromatic carbocycles. The van der Waals surface area contributed by atoms with E-state index < -0.39 is 5.63 Å². The minimum atomic E-state index is -0.540. The number of fused-ring (bicyclic) bond motifs is 2. The monoisotopic (exact) mass is 352 g/mol. The fraction of sp³-hybridized carbons (Fsp3) is 0.429. The Hall–Kier alpha value is -2.40. The van der Waals surface area contributed by atoms with Gasteiger partial charge in [0.15, 0.2) is 0 Å². The summed E-state index contributed by atoms with van der Waals surface area (Å²) in [4.78, 5) is 25.0. The standard InChI is InChI=1S/C21H24N2O3/c1-13-11-16(9-7-14-5-3-2-4-6-14)26-21(25)19(13)20(24)23-18-12-15-8-10-17(18)22-15/h2-6,11,15,17-18,22H,7-10,12H2,1H3,(H,23,24)/t15-,17+,18+/m1/s1. The van der Waals surface area contributed by atoms with Crippen LogP contribution in [0.2, 0.25) is 0 Å². The molecule has 136 valence electrons. The van der Waals surface area contributed by atoms with Gasteiger partial charge in [-0.05, 0) is 49.8 Å². The molecule has 2 fully saturated rings. The van der Waals surface area contributed by atoms with E-state index in [9.17, 15) is 9.59 Å². The molecule has 5 heteroatoms. The maximum Gasteiger partial charge on any atom is 0.349 e. The van der Waals surface area contributed by atoms with Crippen molar-refractivity contribution in [3.8, 4) is 0 Å². The molecular formula is C21H24N2O3. The highest BCUT2D eigenvalue weighted by Crippen LogP contribution is 2.28. The van der Waals surface area contributed by atoms with Crippen LogP contribution in [0.15, 0.2) is 45.6 Å². The minimum Gasteiger partial charge on any atom is -0.427 e. The fourth-order valence-electron chi connectivity index (χ4n) is 4.21. The maximum atomic E-state index is 12.6. The fourth-order valence-corrected chi connectivity index (χ4v) is 4.21. The number of rotatable bonds is 5. The van der Waals surface area contributed by atoms with Crippen LogP contribution in [-0.2, 0) is 12.8 Å². The molecule has 2 saturated heterocycles. The molecule has 1 aromatic heterocycles. The molecule has 26 heavy (non-hydrogen) atoms. The molecule has 0 saturated carbocycles. The summed E-state index contributed by atoms with van der Waals surface area (Å²) in [5.41, 5.74) is 1.47. The summed E-state index contributed by atoms with van der Waals surface area (Å²) in [5, 5.41) is 6.51. The van der Waals surface area contributed by atoms with Crippen LogP contribution >= 0.6 is 0 Å². The number of benzene rings is 1. The zero-order chi connectivity index (χ0) is 18.1. The number of nitrogens with one attached hydrogen (secondary N) is 2. The molecule has 2 bridgehead atoms. The minimum absolute atomic E-state index is 0.109. The zero-order valence-corrected chi connectivity index (χ0v) is 15.0. The summed E-state index contributed by atoms with van der Waals surface area (Å²) < 4.78 is 5.43. The lowest BCUT2D eigenvalue weighted by atomic mass is 9.95. The van der Waals surface area contributed by atoms with Gasteiger partial charge in [-0.2, -0.15) is 0 Å². The van der Waals surface area contributed by atoms with Gasteiger partial charge in [0.1, 0.15) is 11.3 Å². The zero-order valence-electron chi connectivity index (χ0n) is 15.0. The normalized spacial score (nSPS) is 24.0. The van der Waals surface area contributed by atoms with Crippen molar-refractivity contribution < 1.29 is 9.21 Å². The Balaban J connectivity index is 1.45. The molecule has 2 N–H and O–H groups in total. The van der Waals surface area contributed by atoms with E-state index in [4.69, 9.17) is 4.42 Å². The van der Waals surface area contributed by atoms with Crippen molar-refractivity contribution in [2.75, 3.05) is 0 Å². The second-order valence-electron chi connectivity index (χ2n) is 7.41. The summed E-state index contributed by atoms with van der Waals surface area (Å²) in [7, 11) is 0. The summed E-state index contributed by atoms with van der Waals surface area (Å²) >= 11 is 0. The second kappa shape index (κ2) is 7.08. The van der Waals surface area contributed by atoms with Gasteiger partial charge in [0.25, 0.3) is 5.91 Å². The molecule has 2 aliphatic heterocycles. The molecule has 3 heterocycles. The first-order valence-electron chi connectivity index (χ1n) is 9.34.